The Bertz CT molecular complexity index is 1060. The molecule has 4 rings (SSSR count). The maximum Gasteiger partial charge on any atom is 1.00 e. The van der Waals surface area contributed by atoms with Crippen LogP contribution in [0.15, 0.2) is 65.8 Å². The number of pyridine rings is 1. The summed E-state index contributed by atoms with van der Waals surface area (Å²) in [4.78, 5) is 8.37. The molecule has 0 aliphatic heterocycles. The van der Waals surface area contributed by atoms with Crippen molar-refractivity contribution in [3.63, 3.8) is 0 Å². The first-order chi connectivity index (χ1) is 11.7. The van der Waals surface area contributed by atoms with Gasteiger partial charge in [-0.05, 0) is 28.4 Å². The Hall–Kier alpha value is -1.95. The molecule has 26 heavy (non-hydrogen) atoms. The molecule has 2 aromatic heterocycles. The van der Waals surface area contributed by atoms with E-state index in [9.17, 15) is 5.11 Å². The van der Waals surface area contributed by atoms with Crippen molar-refractivity contribution in [2.45, 2.75) is 6.54 Å². The molecule has 6 heteroatoms. The van der Waals surface area contributed by atoms with Crippen LogP contribution in [0.1, 0.15) is 11.3 Å². The standard InChI is InChI=1S/C20H16N3O.2Li/c1-23-18-10-6-5-9-15(18)16-11-17(21-13-19(16)23)20(24)22-12-14-7-3-2-4-8-14;;/h2-10,13H,12H2,1H3,(H,22,24);;/q-1;2*+1/p-1. The van der Waals surface area contributed by atoms with E-state index < -0.39 is 0 Å². The van der Waals surface area contributed by atoms with Crippen LogP contribution >= 0.6 is 0 Å². The topological polar surface area (TPSA) is 53.2 Å². The van der Waals surface area contributed by atoms with E-state index in [0.717, 1.165) is 27.4 Å². The van der Waals surface area contributed by atoms with E-state index in [1.807, 2.05) is 61.6 Å². The van der Waals surface area contributed by atoms with Crippen LogP contribution in [-0.4, -0.2) is 15.4 Å². The average Bonchev–Trinajstić information content (AvgIpc) is 2.93. The molecule has 0 N–H and O–H groups in total. The summed E-state index contributed by atoms with van der Waals surface area (Å²) in [5.41, 5.74) is 3.30. The summed E-state index contributed by atoms with van der Waals surface area (Å²) in [5.74, 6) is -0.339. The average molecular weight is 327 g/mol. The van der Waals surface area contributed by atoms with Gasteiger partial charge in [-0.2, -0.15) is 0 Å². The maximum atomic E-state index is 12.3. The smallest absolute Gasteiger partial charge is 0.899 e. The zero-order chi connectivity index (χ0) is 16.5. The number of rotatable bonds is 3. The van der Waals surface area contributed by atoms with Gasteiger partial charge < -0.3 is 14.7 Å². The summed E-state index contributed by atoms with van der Waals surface area (Å²) in [7, 11) is 1.99. The summed E-state index contributed by atoms with van der Waals surface area (Å²) >= 11 is 0. The number of hydrogen-bond acceptors (Lipinski definition) is 3. The van der Waals surface area contributed by atoms with Crippen molar-refractivity contribution in [2.24, 2.45) is 12.0 Å². The van der Waals surface area contributed by atoms with Crippen molar-refractivity contribution in [3.05, 3.63) is 78.1 Å². The molecule has 0 amide bonds. The molecule has 0 spiro atoms. The number of nitrogens with zero attached hydrogens (tertiary/aromatic N) is 3. The number of aliphatic imine (C=N–C) groups is 1. The molecule has 4 nitrogen and oxygen atoms in total. The van der Waals surface area contributed by atoms with E-state index in [0.29, 0.717) is 6.54 Å². The first-order valence-corrected chi connectivity index (χ1v) is 7.75. The second-order valence-electron chi connectivity index (χ2n) is 5.68. The molecular weight excluding hydrogens is 312 g/mol. The molecule has 2 heterocycles. The molecule has 4 aromatic rings. The zero-order valence-corrected chi connectivity index (χ0v) is 15.2. The first kappa shape index (κ1) is 20.4. The molecule has 0 saturated carbocycles. The molecule has 0 saturated heterocycles. The predicted molar refractivity (Wildman–Crippen MR) is 93.7 cm³/mol. The summed E-state index contributed by atoms with van der Waals surface area (Å²) in [6.07, 6.45) is 1.72. The molecule has 118 valence electrons. The van der Waals surface area contributed by atoms with Gasteiger partial charge in [0.25, 0.3) is 0 Å². The van der Waals surface area contributed by atoms with Crippen molar-refractivity contribution in [1.82, 2.24) is 9.55 Å². The summed E-state index contributed by atoms with van der Waals surface area (Å²) in [6, 6.07) is 20.9. The van der Waals surface area contributed by atoms with Gasteiger partial charge in [0.2, 0.25) is 0 Å². The molecular formula is C20H15Li2N3O. The summed E-state index contributed by atoms with van der Waals surface area (Å²) in [5, 5.41) is 14.3. The Balaban J connectivity index is 0.00000121. The van der Waals surface area contributed by atoms with E-state index in [2.05, 4.69) is 20.6 Å². The van der Waals surface area contributed by atoms with Crippen LogP contribution in [0.5, 0.6) is 0 Å². The van der Waals surface area contributed by atoms with Crippen LogP contribution in [0, 0.1) is 6.07 Å². The van der Waals surface area contributed by atoms with Crippen LogP contribution in [0.3, 0.4) is 0 Å². The minimum absolute atomic E-state index is 0. The van der Waals surface area contributed by atoms with Crippen molar-refractivity contribution in [2.75, 3.05) is 0 Å². The van der Waals surface area contributed by atoms with Gasteiger partial charge >= 0.3 is 37.7 Å². The Kier molecular flexibility index (Phi) is 6.76. The molecule has 0 aliphatic rings. The fraction of sp³-hybridized carbons (Fsp3) is 0.100. The van der Waals surface area contributed by atoms with E-state index in [1.165, 1.54) is 0 Å². The summed E-state index contributed by atoms with van der Waals surface area (Å²) < 4.78 is 2.06. The van der Waals surface area contributed by atoms with Crippen molar-refractivity contribution >= 4 is 27.7 Å². The van der Waals surface area contributed by atoms with E-state index in [-0.39, 0.29) is 49.3 Å². The Morgan fingerprint density at radius 1 is 1.04 bits per heavy atom. The SMILES string of the molecule is Cn1c2cnc(C([O-])=NCc3ccccc3)[c-]c2c2ccccc21.[Li+].[Li+]. The maximum absolute atomic E-state index is 12.3. The van der Waals surface area contributed by atoms with Gasteiger partial charge in [-0.25, -0.2) is 0 Å². The fourth-order valence-corrected chi connectivity index (χ4v) is 2.90. The fourth-order valence-electron chi connectivity index (χ4n) is 2.90. The molecule has 0 unspecified atom stereocenters. The molecule has 0 aliphatic carbocycles. The number of benzene rings is 2. The van der Waals surface area contributed by atoms with E-state index in [4.69, 9.17) is 0 Å². The van der Waals surface area contributed by atoms with Crippen LogP contribution < -0.4 is 42.8 Å². The number of aryl methyl sites for hydroxylation is 1. The third-order valence-corrected chi connectivity index (χ3v) is 4.16. The van der Waals surface area contributed by atoms with Gasteiger partial charge in [-0.15, -0.1) is 11.5 Å². The van der Waals surface area contributed by atoms with Gasteiger partial charge in [0, 0.05) is 13.2 Å². The molecule has 0 bridgehead atoms. The number of para-hydroxylation sites is 1. The van der Waals surface area contributed by atoms with E-state index >= 15 is 0 Å². The third kappa shape index (κ3) is 3.75. The zero-order valence-electron chi connectivity index (χ0n) is 15.2. The van der Waals surface area contributed by atoms with Crippen LogP contribution in [-0.2, 0) is 13.6 Å². The first-order valence-electron chi connectivity index (χ1n) is 7.75. The minimum atomic E-state index is -0.339. The van der Waals surface area contributed by atoms with Gasteiger partial charge in [0.15, 0.2) is 0 Å². The van der Waals surface area contributed by atoms with Gasteiger partial charge in [0.05, 0.1) is 6.54 Å². The normalized spacial score (nSPS) is 11.2. The Morgan fingerprint density at radius 2 is 1.73 bits per heavy atom. The monoisotopic (exact) mass is 327 g/mol. The van der Waals surface area contributed by atoms with Crippen molar-refractivity contribution in [1.29, 1.82) is 0 Å². The minimum Gasteiger partial charge on any atom is -0.899 e. The second kappa shape index (κ2) is 8.63. The quantitative estimate of drug-likeness (QED) is 0.173. The second-order valence-corrected chi connectivity index (χ2v) is 5.68. The molecule has 0 atom stereocenters. The van der Waals surface area contributed by atoms with Crippen LogP contribution in [0.4, 0.5) is 0 Å². The van der Waals surface area contributed by atoms with E-state index in [1.54, 1.807) is 6.20 Å². The Labute approximate surface area is 176 Å². The van der Waals surface area contributed by atoms with Crippen LogP contribution in [0.2, 0.25) is 0 Å². The number of aromatic nitrogens is 2. The molecule has 2 aromatic carbocycles. The number of fused-ring (bicyclic) bond motifs is 3. The van der Waals surface area contributed by atoms with Gasteiger partial charge in [-0.3, -0.25) is 4.98 Å². The van der Waals surface area contributed by atoms with Gasteiger partial charge in [0.1, 0.15) is 0 Å². The molecule has 0 fully saturated rings. The summed E-state index contributed by atoms with van der Waals surface area (Å²) in [6.45, 7) is 0.350. The largest absolute Gasteiger partial charge is 1.00 e. The van der Waals surface area contributed by atoms with Crippen molar-refractivity contribution < 1.29 is 42.8 Å². The van der Waals surface area contributed by atoms with Gasteiger partial charge in [-0.1, -0.05) is 59.8 Å². The van der Waals surface area contributed by atoms with Crippen LogP contribution in [0.25, 0.3) is 21.8 Å². The van der Waals surface area contributed by atoms with Crippen molar-refractivity contribution in [3.8, 4) is 0 Å². The number of hydrogen-bond donors (Lipinski definition) is 0. The predicted octanol–water partition coefficient (Wildman–Crippen LogP) is -3.16. The third-order valence-electron chi connectivity index (χ3n) is 4.16. The Morgan fingerprint density at radius 3 is 2.50 bits per heavy atom. The molecule has 0 radical (unpaired) electrons.